The van der Waals surface area contributed by atoms with Gasteiger partial charge in [0.05, 0.1) is 6.54 Å². The molecule has 3 nitrogen and oxygen atoms in total. The van der Waals surface area contributed by atoms with Gasteiger partial charge in [-0.1, -0.05) is 17.9 Å². The van der Waals surface area contributed by atoms with Crippen LogP contribution in [0.2, 0.25) is 0 Å². The minimum atomic E-state index is -0.0733. The van der Waals surface area contributed by atoms with Crippen LogP contribution < -0.4 is 11.1 Å². The summed E-state index contributed by atoms with van der Waals surface area (Å²) in [6.45, 7) is 6.15. The molecule has 3 heteroatoms. The molecule has 0 spiro atoms. The minimum absolute atomic E-state index is 0.0733. The number of hydrogen-bond donors (Lipinski definition) is 2. The van der Waals surface area contributed by atoms with E-state index in [0.717, 1.165) is 11.1 Å². The van der Waals surface area contributed by atoms with E-state index >= 15 is 0 Å². The van der Waals surface area contributed by atoms with E-state index in [9.17, 15) is 4.79 Å². The van der Waals surface area contributed by atoms with Gasteiger partial charge in [0.2, 0.25) is 0 Å². The van der Waals surface area contributed by atoms with Crippen LogP contribution in [0.3, 0.4) is 0 Å². The van der Waals surface area contributed by atoms with Gasteiger partial charge >= 0.3 is 0 Å². The highest BCUT2D eigenvalue weighted by atomic mass is 16.1. The van der Waals surface area contributed by atoms with Gasteiger partial charge in [0, 0.05) is 17.2 Å². The number of benzene rings is 1. The molecule has 0 radical (unpaired) electrons. The number of amides is 1. The molecular formula is C14H18N2O. The van der Waals surface area contributed by atoms with Crippen molar-refractivity contribution >= 4 is 5.91 Å². The summed E-state index contributed by atoms with van der Waals surface area (Å²) in [5.41, 5.74) is 7.87. The molecule has 0 unspecified atom stereocenters. The molecule has 0 bridgehead atoms. The van der Waals surface area contributed by atoms with E-state index in [1.165, 1.54) is 0 Å². The molecule has 0 saturated carbocycles. The first-order valence-electron chi connectivity index (χ1n) is 5.65. The van der Waals surface area contributed by atoms with Gasteiger partial charge in [0.25, 0.3) is 5.91 Å². The van der Waals surface area contributed by atoms with Crippen molar-refractivity contribution in [3.63, 3.8) is 0 Å². The van der Waals surface area contributed by atoms with Crippen molar-refractivity contribution in [1.82, 2.24) is 5.32 Å². The molecule has 90 valence electrons. The van der Waals surface area contributed by atoms with Crippen LogP contribution in [0.1, 0.15) is 35.3 Å². The lowest BCUT2D eigenvalue weighted by molar-refractivity contribution is 0.0943. The molecular weight excluding hydrogens is 212 g/mol. The monoisotopic (exact) mass is 230 g/mol. The van der Waals surface area contributed by atoms with E-state index in [0.29, 0.717) is 12.1 Å². The standard InChI is InChI=1S/C14H18N2O/c1-10(2)16-14(17)13-7-6-11(3)12(9-13)5-4-8-15/h6-7,9-10H,8,15H2,1-3H3,(H,16,17). The maximum Gasteiger partial charge on any atom is 0.251 e. The Kier molecular flexibility index (Phi) is 4.74. The third kappa shape index (κ3) is 3.93. The first-order chi connectivity index (χ1) is 8.04. The smallest absolute Gasteiger partial charge is 0.251 e. The second-order valence-electron chi connectivity index (χ2n) is 4.16. The van der Waals surface area contributed by atoms with E-state index < -0.39 is 0 Å². The highest BCUT2D eigenvalue weighted by Crippen LogP contribution is 2.10. The zero-order valence-electron chi connectivity index (χ0n) is 10.5. The van der Waals surface area contributed by atoms with Crippen LogP contribution in [0.5, 0.6) is 0 Å². The summed E-state index contributed by atoms with van der Waals surface area (Å²) in [4.78, 5) is 11.8. The van der Waals surface area contributed by atoms with Crippen LogP contribution in [0.15, 0.2) is 18.2 Å². The molecule has 0 aromatic heterocycles. The molecule has 0 aliphatic rings. The van der Waals surface area contributed by atoms with Crippen LogP contribution in [-0.2, 0) is 0 Å². The molecule has 1 aromatic carbocycles. The lowest BCUT2D eigenvalue weighted by Crippen LogP contribution is -2.30. The van der Waals surface area contributed by atoms with Gasteiger partial charge in [0.15, 0.2) is 0 Å². The summed E-state index contributed by atoms with van der Waals surface area (Å²) in [6, 6.07) is 5.63. The van der Waals surface area contributed by atoms with Crippen LogP contribution in [0.25, 0.3) is 0 Å². The highest BCUT2D eigenvalue weighted by molar-refractivity contribution is 5.94. The fraction of sp³-hybridized carbons (Fsp3) is 0.357. The predicted molar refractivity (Wildman–Crippen MR) is 69.7 cm³/mol. The summed E-state index contributed by atoms with van der Waals surface area (Å²) in [6.07, 6.45) is 0. The Hall–Kier alpha value is -1.79. The van der Waals surface area contributed by atoms with Crippen LogP contribution in [0.4, 0.5) is 0 Å². The Balaban J connectivity index is 2.99. The van der Waals surface area contributed by atoms with E-state index in [1.807, 2.05) is 26.8 Å². The summed E-state index contributed by atoms with van der Waals surface area (Å²) >= 11 is 0. The number of carbonyl (C=O) groups is 1. The average molecular weight is 230 g/mol. The average Bonchev–Trinajstić information content (AvgIpc) is 2.27. The van der Waals surface area contributed by atoms with Gasteiger partial charge in [-0.2, -0.15) is 0 Å². The van der Waals surface area contributed by atoms with Crippen LogP contribution >= 0.6 is 0 Å². The Labute approximate surface area is 102 Å². The van der Waals surface area contributed by atoms with Crippen molar-refractivity contribution in [2.45, 2.75) is 26.8 Å². The minimum Gasteiger partial charge on any atom is -0.350 e. The number of aryl methyl sites for hydroxylation is 1. The molecule has 0 atom stereocenters. The Bertz CT molecular complexity index is 467. The molecule has 0 aliphatic heterocycles. The number of nitrogens with two attached hydrogens (primary N) is 1. The van der Waals surface area contributed by atoms with E-state index in [-0.39, 0.29) is 11.9 Å². The van der Waals surface area contributed by atoms with Crippen LogP contribution in [-0.4, -0.2) is 18.5 Å². The van der Waals surface area contributed by atoms with Crippen LogP contribution in [0, 0.1) is 18.8 Å². The molecule has 1 aromatic rings. The Morgan fingerprint density at radius 2 is 2.18 bits per heavy atom. The maximum atomic E-state index is 11.8. The van der Waals surface area contributed by atoms with Gasteiger partial charge in [-0.15, -0.1) is 0 Å². The zero-order valence-corrected chi connectivity index (χ0v) is 10.5. The van der Waals surface area contributed by atoms with Gasteiger partial charge < -0.3 is 11.1 Å². The number of nitrogens with one attached hydrogen (secondary N) is 1. The quantitative estimate of drug-likeness (QED) is 0.755. The molecule has 0 heterocycles. The molecule has 1 amide bonds. The molecule has 0 fully saturated rings. The summed E-state index contributed by atoms with van der Waals surface area (Å²) in [5, 5.41) is 2.85. The van der Waals surface area contributed by atoms with Crippen molar-refractivity contribution in [3.8, 4) is 11.8 Å². The van der Waals surface area contributed by atoms with Gasteiger partial charge in [-0.3, -0.25) is 4.79 Å². The van der Waals surface area contributed by atoms with Crippen molar-refractivity contribution < 1.29 is 4.79 Å². The third-order valence-corrected chi connectivity index (χ3v) is 2.24. The van der Waals surface area contributed by atoms with Crippen molar-refractivity contribution in [2.75, 3.05) is 6.54 Å². The summed E-state index contributed by atoms with van der Waals surface area (Å²) in [5.74, 6) is 5.69. The number of carbonyl (C=O) groups excluding carboxylic acids is 1. The lowest BCUT2D eigenvalue weighted by atomic mass is 10.0. The summed E-state index contributed by atoms with van der Waals surface area (Å²) in [7, 11) is 0. The number of hydrogen-bond acceptors (Lipinski definition) is 2. The second-order valence-corrected chi connectivity index (χ2v) is 4.16. The second kappa shape index (κ2) is 6.07. The Morgan fingerprint density at radius 1 is 1.47 bits per heavy atom. The SMILES string of the molecule is Cc1ccc(C(=O)NC(C)C)cc1C#CCN. The number of rotatable bonds is 2. The Morgan fingerprint density at radius 3 is 2.76 bits per heavy atom. The van der Waals surface area contributed by atoms with Gasteiger partial charge in [-0.25, -0.2) is 0 Å². The fourth-order valence-electron chi connectivity index (χ4n) is 1.39. The van der Waals surface area contributed by atoms with E-state index in [1.54, 1.807) is 12.1 Å². The molecule has 1 rings (SSSR count). The molecule has 0 saturated heterocycles. The molecule has 0 aliphatic carbocycles. The van der Waals surface area contributed by atoms with Crippen molar-refractivity contribution in [1.29, 1.82) is 0 Å². The van der Waals surface area contributed by atoms with Gasteiger partial charge in [0.1, 0.15) is 0 Å². The van der Waals surface area contributed by atoms with E-state index in [2.05, 4.69) is 17.2 Å². The predicted octanol–water partition coefficient (Wildman–Crippen LogP) is 1.44. The lowest BCUT2D eigenvalue weighted by Gasteiger charge is -2.09. The first kappa shape index (κ1) is 13.3. The van der Waals surface area contributed by atoms with Crippen molar-refractivity contribution in [3.05, 3.63) is 34.9 Å². The van der Waals surface area contributed by atoms with Gasteiger partial charge in [-0.05, 0) is 38.5 Å². The molecule has 17 heavy (non-hydrogen) atoms. The maximum absolute atomic E-state index is 11.8. The normalized spacial score (nSPS) is 9.71. The fourth-order valence-corrected chi connectivity index (χ4v) is 1.39. The zero-order chi connectivity index (χ0) is 12.8. The van der Waals surface area contributed by atoms with Crippen molar-refractivity contribution in [2.24, 2.45) is 5.73 Å². The summed E-state index contributed by atoms with van der Waals surface area (Å²) < 4.78 is 0. The van der Waals surface area contributed by atoms with E-state index in [4.69, 9.17) is 5.73 Å². The largest absolute Gasteiger partial charge is 0.350 e. The first-order valence-corrected chi connectivity index (χ1v) is 5.65. The topological polar surface area (TPSA) is 55.1 Å². The molecule has 3 N–H and O–H groups in total. The highest BCUT2D eigenvalue weighted by Gasteiger charge is 2.07. The third-order valence-electron chi connectivity index (χ3n) is 2.24.